The van der Waals surface area contributed by atoms with E-state index in [4.69, 9.17) is 23.2 Å². The first-order valence-corrected chi connectivity index (χ1v) is 15.8. The Labute approximate surface area is 254 Å². The fraction of sp³-hybridized carbons (Fsp3) is 0.310. The SMILES string of the molecule is CC[C@H](C)NC(=O)[C@H](CC)N(Cc1ccc(Cl)c(Cl)c1)C(=O)CN(c1cccc(Br)c1)S(=O)(=O)c1ccccc1. The summed E-state index contributed by atoms with van der Waals surface area (Å²) in [5, 5.41) is 3.62. The van der Waals surface area contributed by atoms with Crippen molar-refractivity contribution in [2.45, 2.75) is 57.1 Å². The number of sulfonamides is 1. The molecule has 7 nitrogen and oxygen atoms in total. The van der Waals surface area contributed by atoms with E-state index in [1.165, 1.54) is 17.0 Å². The molecule has 0 fully saturated rings. The Kier molecular flexibility index (Phi) is 11.5. The van der Waals surface area contributed by atoms with Crippen LogP contribution in [0.2, 0.25) is 10.0 Å². The fourth-order valence-electron chi connectivity index (χ4n) is 4.07. The van der Waals surface area contributed by atoms with Gasteiger partial charge >= 0.3 is 0 Å². The van der Waals surface area contributed by atoms with Gasteiger partial charge in [0.2, 0.25) is 11.8 Å². The fourth-order valence-corrected chi connectivity index (χ4v) is 6.21. The molecule has 0 aromatic heterocycles. The molecule has 0 bridgehead atoms. The topological polar surface area (TPSA) is 86.8 Å². The average molecular weight is 669 g/mol. The molecule has 3 rings (SSSR count). The molecule has 0 aliphatic heterocycles. The van der Waals surface area contributed by atoms with Crippen LogP contribution in [0.3, 0.4) is 0 Å². The zero-order chi connectivity index (χ0) is 29.4. The first-order chi connectivity index (χ1) is 19.0. The molecular weight excluding hydrogens is 637 g/mol. The van der Waals surface area contributed by atoms with E-state index in [1.807, 2.05) is 20.8 Å². The first-order valence-electron chi connectivity index (χ1n) is 12.8. The molecule has 0 heterocycles. The molecule has 0 radical (unpaired) electrons. The maximum Gasteiger partial charge on any atom is 0.264 e. The predicted molar refractivity (Wildman–Crippen MR) is 164 cm³/mol. The van der Waals surface area contributed by atoms with Gasteiger partial charge in [0.25, 0.3) is 10.0 Å². The Hall–Kier alpha value is -2.59. The van der Waals surface area contributed by atoms with Gasteiger partial charge in [-0.1, -0.05) is 83.3 Å². The highest BCUT2D eigenvalue weighted by atomic mass is 79.9. The van der Waals surface area contributed by atoms with Gasteiger partial charge in [0.05, 0.1) is 20.6 Å². The van der Waals surface area contributed by atoms with Crippen molar-refractivity contribution in [2.75, 3.05) is 10.8 Å². The molecule has 2 amide bonds. The molecule has 40 heavy (non-hydrogen) atoms. The van der Waals surface area contributed by atoms with E-state index >= 15 is 0 Å². The molecule has 0 unspecified atom stereocenters. The van der Waals surface area contributed by atoms with Gasteiger partial charge in [-0.25, -0.2) is 8.42 Å². The highest BCUT2D eigenvalue weighted by Gasteiger charge is 2.34. The highest BCUT2D eigenvalue weighted by molar-refractivity contribution is 9.10. The highest BCUT2D eigenvalue weighted by Crippen LogP contribution is 2.28. The largest absolute Gasteiger partial charge is 0.352 e. The van der Waals surface area contributed by atoms with Crippen LogP contribution in [-0.2, 0) is 26.2 Å². The Bertz CT molecular complexity index is 1440. The van der Waals surface area contributed by atoms with Gasteiger partial charge in [-0.3, -0.25) is 13.9 Å². The van der Waals surface area contributed by atoms with Crippen LogP contribution in [0, 0.1) is 0 Å². The number of hydrogen-bond donors (Lipinski definition) is 1. The predicted octanol–water partition coefficient (Wildman–Crippen LogP) is 6.67. The number of anilines is 1. The Balaban J connectivity index is 2.07. The summed E-state index contributed by atoms with van der Waals surface area (Å²) in [6.45, 7) is 5.15. The zero-order valence-corrected chi connectivity index (χ0v) is 26.4. The summed E-state index contributed by atoms with van der Waals surface area (Å²) in [5.74, 6) is -0.859. The van der Waals surface area contributed by atoms with E-state index in [9.17, 15) is 18.0 Å². The van der Waals surface area contributed by atoms with Crippen LogP contribution < -0.4 is 9.62 Å². The van der Waals surface area contributed by atoms with Crippen molar-refractivity contribution < 1.29 is 18.0 Å². The summed E-state index contributed by atoms with van der Waals surface area (Å²) >= 11 is 15.7. The van der Waals surface area contributed by atoms with Crippen molar-refractivity contribution in [1.29, 1.82) is 0 Å². The first kappa shape index (κ1) is 31.9. The number of halogens is 3. The second-order valence-corrected chi connectivity index (χ2v) is 12.9. The quantitative estimate of drug-likeness (QED) is 0.234. The third kappa shape index (κ3) is 8.00. The number of rotatable bonds is 12. The van der Waals surface area contributed by atoms with Crippen LogP contribution in [0.15, 0.2) is 82.2 Å². The molecule has 0 aliphatic rings. The monoisotopic (exact) mass is 667 g/mol. The molecule has 3 aromatic rings. The lowest BCUT2D eigenvalue weighted by Crippen LogP contribution is -2.53. The minimum Gasteiger partial charge on any atom is -0.352 e. The van der Waals surface area contributed by atoms with Gasteiger partial charge in [0, 0.05) is 17.1 Å². The maximum atomic E-state index is 14.1. The van der Waals surface area contributed by atoms with E-state index in [-0.39, 0.29) is 23.4 Å². The average Bonchev–Trinajstić information content (AvgIpc) is 2.93. The van der Waals surface area contributed by atoms with Crippen molar-refractivity contribution >= 4 is 66.7 Å². The molecule has 11 heteroatoms. The van der Waals surface area contributed by atoms with Crippen LogP contribution in [0.1, 0.15) is 39.2 Å². The summed E-state index contributed by atoms with van der Waals surface area (Å²) in [4.78, 5) is 28.9. The molecule has 214 valence electrons. The molecular formula is C29H32BrCl2N3O4S. The van der Waals surface area contributed by atoms with Crippen LogP contribution in [0.5, 0.6) is 0 Å². The van der Waals surface area contributed by atoms with Gasteiger partial charge in [-0.2, -0.15) is 0 Å². The van der Waals surface area contributed by atoms with Crippen molar-refractivity contribution in [3.05, 3.63) is 92.9 Å². The summed E-state index contributed by atoms with van der Waals surface area (Å²) in [7, 11) is -4.13. The molecule has 0 saturated carbocycles. The number of nitrogens with zero attached hydrogens (tertiary/aromatic N) is 2. The standard InChI is InChI=1S/C29H32BrCl2N3O4S/c1-4-20(3)33-29(37)27(5-2)34(18-21-14-15-25(31)26(32)16-21)28(36)19-35(23-11-9-10-22(30)17-23)40(38,39)24-12-7-6-8-13-24/h6-17,20,27H,4-5,18-19H2,1-3H3,(H,33,37)/t20-,27-/m0/s1. The van der Waals surface area contributed by atoms with Crippen LogP contribution in [0.4, 0.5) is 5.69 Å². The minimum atomic E-state index is -4.13. The van der Waals surface area contributed by atoms with Crippen molar-refractivity contribution in [3.8, 4) is 0 Å². The third-order valence-corrected chi connectivity index (χ3v) is 9.45. The van der Waals surface area contributed by atoms with Crippen LogP contribution in [-0.4, -0.2) is 43.8 Å². The lowest BCUT2D eigenvalue weighted by Gasteiger charge is -2.33. The second kappa shape index (κ2) is 14.3. The van der Waals surface area contributed by atoms with Crippen LogP contribution in [0.25, 0.3) is 0 Å². The molecule has 1 N–H and O–H groups in total. The normalized spacial score (nSPS) is 12.8. The van der Waals surface area contributed by atoms with Gasteiger partial charge < -0.3 is 10.2 Å². The molecule has 3 aromatic carbocycles. The van der Waals surface area contributed by atoms with E-state index in [1.54, 1.807) is 60.7 Å². The molecule has 0 aliphatic carbocycles. The van der Waals surface area contributed by atoms with Gasteiger partial charge in [0.15, 0.2) is 0 Å². The van der Waals surface area contributed by atoms with E-state index < -0.39 is 28.5 Å². The number of benzene rings is 3. The van der Waals surface area contributed by atoms with Crippen molar-refractivity contribution in [1.82, 2.24) is 10.2 Å². The number of hydrogen-bond acceptors (Lipinski definition) is 4. The minimum absolute atomic E-state index is 0.0276. The zero-order valence-electron chi connectivity index (χ0n) is 22.5. The Morgan fingerprint density at radius 3 is 2.23 bits per heavy atom. The van der Waals surface area contributed by atoms with E-state index in [0.29, 0.717) is 32.2 Å². The van der Waals surface area contributed by atoms with Gasteiger partial charge in [0.1, 0.15) is 12.6 Å². The number of amides is 2. The smallest absolute Gasteiger partial charge is 0.264 e. The molecule has 0 spiro atoms. The lowest BCUT2D eigenvalue weighted by molar-refractivity contribution is -0.140. The van der Waals surface area contributed by atoms with E-state index in [0.717, 1.165) is 10.7 Å². The number of carbonyl (C=O) groups excluding carboxylic acids is 2. The van der Waals surface area contributed by atoms with Crippen molar-refractivity contribution in [3.63, 3.8) is 0 Å². The Morgan fingerprint density at radius 2 is 1.62 bits per heavy atom. The summed E-state index contributed by atoms with van der Waals surface area (Å²) in [5.41, 5.74) is 0.954. The summed E-state index contributed by atoms with van der Waals surface area (Å²) in [6.07, 6.45) is 1.03. The maximum absolute atomic E-state index is 14.1. The molecule has 0 saturated heterocycles. The summed E-state index contributed by atoms with van der Waals surface area (Å²) < 4.78 is 29.4. The second-order valence-electron chi connectivity index (χ2n) is 9.32. The van der Waals surface area contributed by atoms with Crippen molar-refractivity contribution in [2.24, 2.45) is 0 Å². The molecule has 2 atom stereocenters. The van der Waals surface area contributed by atoms with Crippen LogP contribution >= 0.6 is 39.1 Å². The lowest BCUT2D eigenvalue weighted by atomic mass is 10.1. The number of nitrogens with one attached hydrogen (secondary N) is 1. The Morgan fingerprint density at radius 1 is 0.925 bits per heavy atom. The van der Waals surface area contributed by atoms with Gasteiger partial charge in [-0.05, 0) is 67.8 Å². The van der Waals surface area contributed by atoms with E-state index in [2.05, 4.69) is 21.2 Å². The summed E-state index contributed by atoms with van der Waals surface area (Å²) in [6, 6.07) is 18.7. The third-order valence-electron chi connectivity index (χ3n) is 6.43. The van der Waals surface area contributed by atoms with Gasteiger partial charge in [-0.15, -0.1) is 0 Å². The number of carbonyl (C=O) groups is 2.